The Morgan fingerprint density at radius 2 is 1.75 bits per heavy atom. The Hall–Kier alpha value is -2.73. The first-order valence-electron chi connectivity index (χ1n) is 16.1. The van der Waals surface area contributed by atoms with Gasteiger partial charge in [0, 0.05) is 51.1 Å². The van der Waals surface area contributed by atoms with Crippen LogP contribution in [0, 0.1) is 5.92 Å². The summed E-state index contributed by atoms with van der Waals surface area (Å²) in [6.07, 6.45) is 5.75. The molecule has 2 aromatic rings. The van der Waals surface area contributed by atoms with Gasteiger partial charge in [-0.1, -0.05) is 19.6 Å². The number of amides is 2. The number of nitrogens with zero attached hydrogens (tertiary/aromatic N) is 5. The molecule has 12 heteroatoms. The molecular weight excluding hydrogens is 584 g/mol. The van der Waals surface area contributed by atoms with Crippen LogP contribution >= 0.6 is 0 Å². The highest BCUT2D eigenvalue weighted by atomic mass is 28.3. The normalized spacial score (nSPS) is 21.2. The molecule has 0 unspecified atom stereocenters. The summed E-state index contributed by atoms with van der Waals surface area (Å²) < 4.78 is 40.2. The Kier molecular flexibility index (Phi) is 9.60. The molecule has 1 aliphatic heterocycles. The van der Waals surface area contributed by atoms with Gasteiger partial charge in [-0.05, 0) is 77.3 Å². The molecule has 3 heterocycles. The lowest BCUT2D eigenvalue weighted by Gasteiger charge is -2.45. The average Bonchev–Trinajstić information content (AvgIpc) is 3.69. The fraction of sp³-hybridized carbons (Fsp3) is 0.719. The summed E-state index contributed by atoms with van der Waals surface area (Å²) in [5.74, 6) is 0.149. The average molecular weight is 634 g/mol. The summed E-state index contributed by atoms with van der Waals surface area (Å²) in [7, 11) is -1.19. The lowest BCUT2D eigenvalue weighted by atomic mass is 9.84. The fourth-order valence-electron chi connectivity index (χ4n) is 6.32. The van der Waals surface area contributed by atoms with E-state index in [1.807, 2.05) is 21.7 Å². The molecule has 244 valence electrons. The van der Waals surface area contributed by atoms with Gasteiger partial charge in [-0.2, -0.15) is 0 Å². The van der Waals surface area contributed by atoms with Gasteiger partial charge in [0.25, 0.3) is 12.3 Å². The molecule has 2 saturated carbocycles. The van der Waals surface area contributed by atoms with E-state index in [0.29, 0.717) is 25.6 Å². The minimum Gasteiger partial charge on any atom is -0.444 e. The molecule has 0 radical (unpaired) electrons. The van der Waals surface area contributed by atoms with Crippen LogP contribution in [0.2, 0.25) is 25.7 Å². The Morgan fingerprint density at radius 3 is 2.36 bits per heavy atom. The van der Waals surface area contributed by atoms with Crippen molar-refractivity contribution >= 4 is 36.8 Å². The van der Waals surface area contributed by atoms with Crippen LogP contribution in [0.15, 0.2) is 18.5 Å². The van der Waals surface area contributed by atoms with Crippen molar-refractivity contribution in [2.75, 3.05) is 31.3 Å². The van der Waals surface area contributed by atoms with E-state index in [2.05, 4.69) is 24.5 Å². The predicted octanol–water partition coefficient (Wildman–Crippen LogP) is 6.79. The highest BCUT2D eigenvalue weighted by molar-refractivity contribution is 6.76. The lowest BCUT2D eigenvalue weighted by Crippen LogP contribution is -2.53. The van der Waals surface area contributed by atoms with Crippen molar-refractivity contribution in [3.05, 3.63) is 24.0 Å². The molecule has 0 atom stereocenters. The Labute approximate surface area is 260 Å². The second kappa shape index (κ2) is 12.9. The van der Waals surface area contributed by atoms with E-state index >= 15 is 0 Å². The van der Waals surface area contributed by atoms with Gasteiger partial charge in [-0.25, -0.2) is 18.6 Å². The van der Waals surface area contributed by atoms with Crippen molar-refractivity contribution in [3.8, 4) is 0 Å². The molecule has 0 N–H and O–H groups in total. The van der Waals surface area contributed by atoms with Crippen LogP contribution in [0.3, 0.4) is 0 Å². The largest absolute Gasteiger partial charge is 0.444 e. The van der Waals surface area contributed by atoms with Crippen LogP contribution < -0.4 is 4.90 Å². The van der Waals surface area contributed by atoms with Gasteiger partial charge in [0.05, 0.1) is 24.5 Å². The van der Waals surface area contributed by atoms with Crippen molar-refractivity contribution in [2.24, 2.45) is 5.92 Å². The first-order chi connectivity index (χ1) is 20.7. The van der Waals surface area contributed by atoms with Crippen molar-refractivity contribution in [3.63, 3.8) is 0 Å². The molecule has 5 rings (SSSR count). The zero-order valence-corrected chi connectivity index (χ0v) is 28.2. The Morgan fingerprint density at radius 1 is 1.09 bits per heavy atom. The number of alkyl halides is 2. The maximum absolute atomic E-state index is 13.6. The fourth-order valence-corrected chi connectivity index (χ4v) is 7.08. The van der Waals surface area contributed by atoms with Crippen LogP contribution in [0.5, 0.6) is 0 Å². The molecule has 0 saturated heterocycles. The maximum atomic E-state index is 13.6. The third kappa shape index (κ3) is 7.91. The minimum atomic E-state index is -2.62. The van der Waals surface area contributed by atoms with Crippen LogP contribution in [-0.4, -0.2) is 89.9 Å². The number of hydrogen-bond acceptors (Lipinski definition) is 6. The van der Waals surface area contributed by atoms with Crippen LogP contribution in [0.4, 0.5) is 19.3 Å². The third-order valence-electron chi connectivity index (χ3n) is 8.80. The SMILES string of the molecule is CC(C)(C)OC(=O)N(CC(F)F)C[C@H]1CC[C@H](N2CN(C3CC3)C(=O)c3cnc4c(ccn4COCC[Si](C)(C)C)c32)CC1. The number of carbonyl (C=O) groups is 2. The summed E-state index contributed by atoms with van der Waals surface area (Å²) >= 11 is 0. The van der Waals surface area contributed by atoms with E-state index < -0.39 is 32.7 Å². The van der Waals surface area contributed by atoms with Crippen molar-refractivity contribution in [2.45, 2.75) is 116 Å². The van der Waals surface area contributed by atoms with Crippen LogP contribution in [0.25, 0.3) is 11.0 Å². The number of pyridine rings is 1. The van der Waals surface area contributed by atoms with Gasteiger partial charge in [-0.15, -0.1) is 0 Å². The van der Waals surface area contributed by atoms with Crippen molar-refractivity contribution < 1.29 is 27.8 Å². The molecule has 0 spiro atoms. The predicted molar refractivity (Wildman–Crippen MR) is 170 cm³/mol. The third-order valence-corrected chi connectivity index (χ3v) is 10.5. The molecule has 2 fully saturated rings. The standard InChI is InChI=1S/C32H49F2N5O4Si/c1-32(2,3)43-31(41)37(19-27(33)34)18-22-7-9-23(10-8-22)38-20-39(24-11-12-24)30(40)26-17-35-29-25(28(26)38)13-14-36(29)21-42-15-16-44(4,5)6/h13-14,17,22-24,27H,7-12,15-16,18-21H2,1-6H3/t22-,23-. The van der Waals surface area contributed by atoms with Gasteiger partial charge in [-0.3, -0.25) is 4.79 Å². The second-order valence-corrected chi connectivity index (χ2v) is 20.6. The highest BCUT2D eigenvalue weighted by Crippen LogP contribution is 2.42. The summed E-state index contributed by atoms with van der Waals surface area (Å²) in [5, 5.41) is 0.954. The summed E-state index contributed by atoms with van der Waals surface area (Å²) in [6.45, 7) is 13.5. The van der Waals surface area contributed by atoms with E-state index in [0.717, 1.165) is 61.3 Å². The number of aromatic nitrogens is 2. The van der Waals surface area contributed by atoms with Gasteiger partial charge < -0.3 is 28.7 Å². The van der Waals surface area contributed by atoms with E-state index in [1.54, 1.807) is 27.0 Å². The molecule has 2 aliphatic carbocycles. The smallest absolute Gasteiger partial charge is 0.410 e. The first kappa shape index (κ1) is 32.7. The van der Waals surface area contributed by atoms with Gasteiger partial charge in [0.2, 0.25) is 0 Å². The molecular formula is C32H49F2N5O4Si. The monoisotopic (exact) mass is 633 g/mol. The van der Waals surface area contributed by atoms with E-state index in [9.17, 15) is 18.4 Å². The Bertz CT molecular complexity index is 1330. The summed E-state index contributed by atoms with van der Waals surface area (Å²) in [6, 6.07) is 3.59. The number of carbonyl (C=O) groups excluding carboxylic acids is 2. The zero-order valence-electron chi connectivity index (χ0n) is 27.2. The second-order valence-electron chi connectivity index (χ2n) is 15.0. The van der Waals surface area contributed by atoms with Gasteiger partial charge in [0.15, 0.2) is 0 Å². The zero-order chi connectivity index (χ0) is 31.8. The number of fused-ring (bicyclic) bond motifs is 3. The number of rotatable bonds is 11. The minimum absolute atomic E-state index is 0.0426. The molecule has 2 amide bonds. The summed E-state index contributed by atoms with van der Waals surface area (Å²) in [5.41, 5.74) is 1.64. The summed E-state index contributed by atoms with van der Waals surface area (Å²) in [4.78, 5) is 36.6. The Balaban J connectivity index is 1.32. The number of ether oxygens (including phenoxy) is 2. The van der Waals surface area contributed by atoms with E-state index in [4.69, 9.17) is 14.5 Å². The quantitative estimate of drug-likeness (QED) is 0.200. The topological polar surface area (TPSA) is 80.1 Å². The molecule has 3 aliphatic rings. The number of halogens is 2. The van der Waals surface area contributed by atoms with Crippen molar-refractivity contribution in [1.82, 2.24) is 19.4 Å². The molecule has 9 nitrogen and oxygen atoms in total. The molecule has 0 aromatic carbocycles. The van der Waals surface area contributed by atoms with Gasteiger partial charge in [0.1, 0.15) is 18.0 Å². The number of anilines is 1. The van der Waals surface area contributed by atoms with Crippen molar-refractivity contribution in [1.29, 1.82) is 0 Å². The molecule has 44 heavy (non-hydrogen) atoms. The molecule has 2 aromatic heterocycles. The first-order valence-corrected chi connectivity index (χ1v) is 19.8. The lowest BCUT2D eigenvalue weighted by molar-refractivity contribution is 0.00498. The van der Waals surface area contributed by atoms with E-state index in [-0.39, 0.29) is 30.5 Å². The van der Waals surface area contributed by atoms with Gasteiger partial charge >= 0.3 is 6.09 Å². The van der Waals surface area contributed by atoms with E-state index in [1.165, 1.54) is 4.90 Å². The van der Waals surface area contributed by atoms with Crippen LogP contribution in [0.1, 0.15) is 69.7 Å². The highest BCUT2D eigenvalue weighted by Gasteiger charge is 2.42. The maximum Gasteiger partial charge on any atom is 0.410 e. The number of hydrogen-bond donors (Lipinski definition) is 0. The molecule has 0 bridgehead atoms. The van der Waals surface area contributed by atoms with Crippen LogP contribution in [-0.2, 0) is 16.2 Å².